The number of halogens is 6. The Morgan fingerprint density at radius 2 is 1.60 bits per heavy atom. The van der Waals surface area contributed by atoms with E-state index < -0.39 is 25.8 Å². The number of amides is 1. The standard InChI is InChI=1S/C6H5Cl6NO2/c1-13-3(14)2(5(7,8)9)15-4(13)6(10,11)12/h2,4H,1H3/t2-,4+/m1/s1. The van der Waals surface area contributed by atoms with Gasteiger partial charge in [0.15, 0.2) is 12.3 Å². The summed E-state index contributed by atoms with van der Waals surface area (Å²) in [5, 5.41) is 0. The quantitative estimate of drug-likeness (QED) is 0.637. The van der Waals surface area contributed by atoms with Crippen molar-refractivity contribution in [3.05, 3.63) is 0 Å². The molecule has 0 aromatic carbocycles. The van der Waals surface area contributed by atoms with Crippen molar-refractivity contribution in [2.45, 2.75) is 19.9 Å². The lowest BCUT2D eigenvalue weighted by Gasteiger charge is -2.24. The van der Waals surface area contributed by atoms with E-state index >= 15 is 0 Å². The number of carbonyl (C=O) groups excluding carboxylic acids is 1. The topological polar surface area (TPSA) is 29.5 Å². The van der Waals surface area contributed by atoms with Crippen molar-refractivity contribution in [1.29, 1.82) is 0 Å². The van der Waals surface area contributed by atoms with Crippen molar-refractivity contribution < 1.29 is 9.53 Å². The van der Waals surface area contributed by atoms with Crippen LogP contribution < -0.4 is 0 Å². The van der Waals surface area contributed by atoms with E-state index in [4.69, 9.17) is 74.3 Å². The molecule has 1 aliphatic heterocycles. The molecule has 2 atom stereocenters. The summed E-state index contributed by atoms with van der Waals surface area (Å²) in [5.41, 5.74) is 0. The Morgan fingerprint density at radius 1 is 1.13 bits per heavy atom. The Morgan fingerprint density at radius 3 is 1.80 bits per heavy atom. The summed E-state index contributed by atoms with van der Waals surface area (Å²) in [5.74, 6) is -0.550. The van der Waals surface area contributed by atoms with Crippen LogP contribution in [0.3, 0.4) is 0 Å². The van der Waals surface area contributed by atoms with Crippen LogP contribution in [0.15, 0.2) is 0 Å². The third kappa shape index (κ3) is 3.09. The number of likely N-dealkylation sites (N-methyl/N-ethyl adjacent to an activating group) is 1. The fourth-order valence-corrected chi connectivity index (χ4v) is 2.12. The van der Waals surface area contributed by atoms with Gasteiger partial charge in [0.1, 0.15) is 0 Å². The number of hydrogen-bond acceptors (Lipinski definition) is 2. The molecule has 1 amide bonds. The smallest absolute Gasteiger partial charge is 0.258 e. The highest BCUT2D eigenvalue weighted by Gasteiger charge is 2.54. The first-order valence-electron chi connectivity index (χ1n) is 3.60. The van der Waals surface area contributed by atoms with Crippen molar-refractivity contribution in [2.24, 2.45) is 0 Å². The van der Waals surface area contributed by atoms with Crippen LogP contribution in [0.4, 0.5) is 0 Å². The molecule has 0 aliphatic carbocycles. The van der Waals surface area contributed by atoms with Gasteiger partial charge in [0.05, 0.1) is 0 Å². The maximum Gasteiger partial charge on any atom is 0.258 e. The minimum atomic E-state index is -1.89. The van der Waals surface area contributed by atoms with Gasteiger partial charge >= 0.3 is 0 Å². The molecule has 3 nitrogen and oxygen atoms in total. The lowest BCUT2D eigenvalue weighted by Crippen LogP contribution is -2.39. The van der Waals surface area contributed by atoms with Crippen LogP contribution in [0.2, 0.25) is 0 Å². The molecule has 1 rings (SSSR count). The Hall–Kier alpha value is 1.17. The first-order valence-corrected chi connectivity index (χ1v) is 5.87. The van der Waals surface area contributed by atoms with E-state index in [1.807, 2.05) is 0 Å². The zero-order valence-corrected chi connectivity index (χ0v) is 11.7. The normalized spacial score (nSPS) is 28.7. The molecule has 1 saturated heterocycles. The molecule has 0 saturated carbocycles. The molecule has 0 bridgehead atoms. The zero-order chi connectivity index (χ0) is 12.0. The Balaban J connectivity index is 2.91. The molecule has 0 N–H and O–H groups in total. The van der Waals surface area contributed by atoms with Crippen LogP contribution in [-0.2, 0) is 9.53 Å². The maximum atomic E-state index is 11.6. The minimum Gasteiger partial charge on any atom is -0.336 e. The molecule has 0 aromatic rings. The summed E-state index contributed by atoms with van der Waals surface area (Å²) in [6.45, 7) is 0. The second kappa shape index (κ2) is 4.45. The van der Waals surface area contributed by atoms with Crippen molar-refractivity contribution in [3.63, 3.8) is 0 Å². The summed E-state index contributed by atoms with van der Waals surface area (Å²) >= 11 is 33.4. The lowest BCUT2D eigenvalue weighted by molar-refractivity contribution is -0.129. The zero-order valence-electron chi connectivity index (χ0n) is 7.19. The first-order chi connectivity index (χ1) is 6.55. The Kier molecular flexibility index (Phi) is 4.22. The summed E-state index contributed by atoms with van der Waals surface area (Å²) in [6.07, 6.45) is -2.34. The van der Waals surface area contributed by atoms with E-state index in [1.165, 1.54) is 7.05 Å². The van der Waals surface area contributed by atoms with E-state index in [-0.39, 0.29) is 0 Å². The highest BCUT2D eigenvalue weighted by atomic mass is 35.6. The molecule has 1 heterocycles. The molecule has 1 aliphatic rings. The molecular formula is C6H5Cl6NO2. The molecule has 0 radical (unpaired) electrons. The van der Waals surface area contributed by atoms with Gasteiger partial charge in [-0.1, -0.05) is 69.6 Å². The van der Waals surface area contributed by atoms with Gasteiger partial charge in [-0.3, -0.25) is 4.79 Å². The summed E-state index contributed by atoms with van der Waals surface area (Å²) in [7, 11) is 1.39. The molecule has 15 heavy (non-hydrogen) atoms. The Labute approximate surface area is 116 Å². The fraction of sp³-hybridized carbons (Fsp3) is 0.833. The third-order valence-corrected chi connectivity index (χ3v) is 2.92. The number of nitrogens with zero attached hydrogens (tertiary/aromatic N) is 1. The second-order valence-corrected chi connectivity index (χ2v) is 7.64. The predicted molar refractivity (Wildman–Crippen MR) is 62.0 cm³/mol. The van der Waals surface area contributed by atoms with Crippen molar-refractivity contribution in [1.82, 2.24) is 4.90 Å². The summed E-state index contributed by atoms with van der Waals surface area (Å²) < 4.78 is 1.41. The van der Waals surface area contributed by atoms with Gasteiger partial charge in [0, 0.05) is 7.05 Å². The van der Waals surface area contributed by atoms with Gasteiger partial charge in [0.25, 0.3) is 5.91 Å². The molecular weight excluding hydrogens is 331 g/mol. The van der Waals surface area contributed by atoms with E-state index in [1.54, 1.807) is 0 Å². The van der Waals surface area contributed by atoms with E-state index in [0.717, 1.165) is 4.90 Å². The molecule has 0 unspecified atom stereocenters. The van der Waals surface area contributed by atoms with Crippen LogP contribution in [0.5, 0.6) is 0 Å². The molecule has 0 spiro atoms. The second-order valence-electron chi connectivity index (χ2n) is 2.90. The van der Waals surface area contributed by atoms with Crippen LogP contribution in [0.1, 0.15) is 0 Å². The lowest BCUT2D eigenvalue weighted by atomic mass is 10.4. The van der Waals surface area contributed by atoms with Crippen LogP contribution in [0, 0.1) is 0 Å². The van der Waals surface area contributed by atoms with Gasteiger partial charge in [-0.15, -0.1) is 0 Å². The third-order valence-electron chi connectivity index (χ3n) is 1.77. The van der Waals surface area contributed by atoms with Crippen LogP contribution in [-0.4, -0.2) is 37.8 Å². The number of rotatable bonds is 0. The van der Waals surface area contributed by atoms with E-state index in [2.05, 4.69) is 0 Å². The van der Waals surface area contributed by atoms with Gasteiger partial charge < -0.3 is 9.64 Å². The number of ether oxygens (including phenoxy) is 1. The van der Waals surface area contributed by atoms with Crippen molar-refractivity contribution in [3.8, 4) is 0 Å². The maximum absolute atomic E-state index is 11.6. The van der Waals surface area contributed by atoms with Crippen LogP contribution >= 0.6 is 69.6 Å². The fourth-order valence-electron chi connectivity index (χ4n) is 1.09. The Bertz CT molecular complexity index is 272. The van der Waals surface area contributed by atoms with E-state index in [0.29, 0.717) is 0 Å². The van der Waals surface area contributed by atoms with Gasteiger partial charge in [-0.05, 0) is 0 Å². The summed E-state index contributed by atoms with van der Waals surface area (Å²) in [6, 6.07) is 0. The van der Waals surface area contributed by atoms with Crippen molar-refractivity contribution in [2.75, 3.05) is 7.05 Å². The monoisotopic (exact) mass is 333 g/mol. The average Bonchev–Trinajstić information content (AvgIpc) is 2.26. The molecule has 0 aromatic heterocycles. The highest BCUT2D eigenvalue weighted by Crippen LogP contribution is 2.43. The number of carbonyl (C=O) groups is 1. The SMILES string of the molecule is CN1C(=O)[C@H](C(Cl)(Cl)Cl)O[C@H]1C(Cl)(Cl)Cl. The van der Waals surface area contributed by atoms with Crippen LogP contribution in [0.25, 0.3) is 0 Å². The molecule has 1 fully saturated rings. The van der Waals surface area contributed by atoms with Gasteiger partial charge in [0.2, 0.25) is 7.59 Å². The first kappa shape index (κ1) is 14.2. The highest BCUT2D eigenvalue weighted by molar-refractivity contribution is 6.69. The average molecular weight is 336 g/mol. The molecule has 88 valence electrons. The van der Waals surface area contributed by atoms with Gasteiger partial charge in [-0.25, -0.2) is 0 Å². The molecule has 9 heteroatoms. The predicted octanol–water partition coefficient (Wildman–Crippen LogP) is 2.91. The minimum absolute atomic E-state index is 0.550. The van der Waals surface area contributed by atoms with Gasteiger partial charge in [-0.2, -0.15) is 0 Å². The number of hydrogen-bond donors (Lipinski definition) is 0. The largest absolute Gasteiger partial charge is 0.336 e. The number of alkyl halides is 6. The van der Waals surface area contributed by atoms with E-state index in [9.17, 15) is 4.79 Å². The van der Waals surface area contributed by atoms with Crippen molar-refractivity contribution >= 4 is 75.5 Å². The summed E-state index contributed by atoms with van der Waals surface area (Å²) in [4.78, 5) is 12.7.